The van der Waals surface area contributed by atoms with Crippen molar-refractivity contribution in [2.45, 2.75) is 19.8 Å². The minimum absolute atomic E-state index is 0.253. The molecule has 0 aliphatic rings. The third-order valence-corrected chi connectivity index (χ3v) is 3.59. The Kier molecular flexibility index (Phi) is 5.18. The smallest absolute Gasteiger partial charge is 0.135 e. The Morgan fingerprint density at radius 3 is 2.65 bits per heavy atom. The van der Waals surface area contributed by atoms with Crippen LogP contribution in [0.1, 0.15) is 19.2 Å². The molecule has 0 radical (unpaired) electrons. The van der Waals surface area contributed by atoms with Gasteiger partial charge in [0.05, 0.1) is 10.7 Å². The highest BCUT2D eigenvalue weighted by molar-refractivity contribution is 9.10. The second-order valence-electron chi connectivity index (χ2n) is 4.11. The average Bonchev–Trinajstić information content (AvgIpc) is 2.33. The maximum atomic E-state index is 13.2. The second-order valence-corrected chi connectivity index (χ2v) is 5.76. The Hall–Kier alpha value is -0.910. The summed E-state index contributed by atoms with van der Waals surface area (Å²) in [5, 5.41) is 3.63. The molecule has 1 aromatic carbocycles. The van der Waals surface area contributed by atoms with Gasteiger partial charge in [0.15, 0.2) is 0 Å². The van der Waals surface area contributed by atoms with Crippen molar-refractivity contribution in [3.05, 3.63) is 44.5 Å². The van der Waals surface area contributed by atoms with Gasteiger partial charge in [-0.05, 0) is 34.5 Å². The Balaban J connectivity index is 2.35. The summed E-state index contributed by atoms with van der Waals surface area (Å²) in [6.07, 6.45) is 1.65. The van der Waals surface area contributed by atoms with Crippen LogP contribution in [-0.4, -0.2) is 9.97 Å². The van der Waals surface area contributed by atoms with Gasteiger partial charge in [0.25, 0.3) is 0 Å². The lowest BCUT2D eigenvalue weighted by Gasteiger charge is -2.11. The van der Waals surface area contributed by atoms with E-state index in [1.165, 1.54) is 12.1 Å². The second kappa shape index (κ2) is 6.70. The summed E-state index contributed by atoms with van der Waals surface area (Å²) in [7, 11) is 0. The van der Waals surface area contributed by atoms with E-state index in [1.807, 2.05) is 6.92 Å². The summed E-state index contributed by atoms with van der Waals surface area (Å²) in [5.41, 5.74) is 0.533. The molecule has 0 spiro atoms. The van der Waals surface area contributed by atoms with Crippen LogP contribution in [0.25, 0.3) is 0 Å². The first kappa shape index (κ1) is 15.5. The Morgan fingerprint density at radius 2 is 2.00 bits per heavy atom. The quantitative estimate of drug-likeness (QED) is 0.725. The molecular weight excluding hydrogens is 368 g/mol. The van der Waals surface area contributed by atoms with Gasteiger partial charge in [-0.2, -0.15) is 0 Å². The zero-order chi connectivity index (χ0) is 14.7. The zero-order valence-corrected chi connectivity index (χ0v) is 13.7. The lowest BCUT2D eigenvalue weighted by Crippen LogP contribution is -2.01. The largest absolute Gasteiger partial charge is 0.338 e. The Morgan fingerprint density at radius 1 is 1.25 bits per heavy atom. The number of hydrogen-bond acceptors (Lipinski definition) is 3. The molecule has 1 heterocycles. The van der Waals surface area contributed by atoms with Crippen molar-refractivity contribution < 1.29 is 4.39 Å². The summed E-state index contributed by atoms with van der Waals surface area (Å²) in [6, 6.07) is 4.14. The van der Waals surface area contributed by atoms with Crippen molar-refractivity contribution in [1.29, 1.82) is 0 Å². The molecule has 1 aromatic heterocycles. The minimum Gasteiger partial charge on any atom is -0.338 e. The Bertz CT molecular complexity index is 614. The predicted molar refractivity (Wildman–Crippen MR) is 83.4 cm³/mol. The number of halogens is 4. The molecule has 7 heteroatoms. The molecule has 0 aliphatic carbocycles. The van der Waals surface area contributed by atoms with Crippen LogP contribution in [0, 0.1) is 5.82 Å². The molecular formula is C13H11BrCl2FN3. The van der Waals surface area contributed by atoms with E-state index in [2.05, 4.69) is 31.2 Å². The van der Waals surface area contributed by atoms with E-state index in [0.29, 0.717) is 27.0 Å². The lowest BCUT2D eigenvalue weighted by molar-refractivity contribution is 0.627. The van der Waals surface area contributed by atoms with Crippen molar-refractivity contribution in [3.8, 4) is 0 Å². The molecule has 0 bridgehead atoms. The number of rotatable bonds is 4. The van der Waals surface area contributed by atoms with Crippen molar-refractivity contribution in [2.75, 3.05) is 5.32 Å². The van der Waals surface area contributed by atoms with Crippen LogP contribution in [0.15, 0.2) is 22.7 Å². The van der Waals surface area contributed by atoms with Crippen LogP contribution >= 0.6 is 39.1 Å². The minimum atomic E-state index is -0.417. The van der Waals surface area contributed by atoms with Gasteiger partial charge in [0.2, 0.25) is 0 Å². The first-order valence-electron chi connectivity index (χ1n) is 5.94. The van der Waals surface area contributed by atoms with E-state index in [1.54, 1.807) is 6.07 Å². The molecule has 106 valence electrons. The fourth-order valence-corrected chi connectivity index (χ4v) is 2.75. The number of aryl methyl sites for hydroxylation is 1. The van der Waals surface area contributed by atoms with Crippen molar-refractivity contribution in [2.24, 2.45) is 0 Å². The number of benzene rings is 1. The number of nitrogens with zero attached hydrogens (tertiary/aromatic N) is 2. The molecule has 3 nitrogen and oxygen atoms in total. The van der Waals surface area contributed by atoms with E-state index >= 15 is 0 Å². The molecule has 2 aromatic rings. The van der Waals surface area contributed by atoms with Crippen LogP contribution in [0.3, 0.4) is 0 Å². The highest BCUT2D eigenvalue weighted by atomic mass is 79.9. The number of hydrogen-bond donors (Lipinski definition) is 1. The van der Waals surface area contributed by atoms with Crippen LogP contribution in [0.2, 0.25) is 10.2 Å². The fraction of sp³-hybridized carbons (Fsp3) is 0.231. The van der Waals surface area contributed by atoms with Crippen molar-refractivity contribution in [3.63, 3.8) is 0 Å². The lowest BCUT2D eigenvalue weighted by atomic mass is 10.3. The normalized spacial score (nSPS) is 10.7. The Labute approximate surface area is 134 Å². The third-order valence-electron chi connectivity index (χ3n) is 2.47. The van der Waals surface area contributed by atoms with Gasteiger partial charge < -0.3 is 5.32 Å². The first-order valence-corrected chi connectivity index (χ1v) is 7.49. The number of anilines is 2. The van der Waals surface area contributed by atoms with Crippen LogP contribution < -0.4 is 5.32 Å². The van der Waals surface area contributed by atoms with Gasteiger partial charge in [-0.25, -0.2) is 14.4 Å². The highest BCUT2D eigenvalue weighted by Gasteiger charge is 2.10. The molecule has 0 atom stereocenters. The zero-order valence-electron chi connectivity index (χ0n) is 10.6. The molecule has 0 unspecified atom stereocenters. The van der Waals surface area contributed by atoms with Gasteiger partial charge in [-0.1, -0.05) is 30.1 Å². The van der Waals surface area contributed by atoms with E-state index in [-0.39, 0.29) is 5.02 Å². The van der Waals surface area contributed by atoms with Crippen molar-refractivity contribution >= 4 is 50.6 Å². The van der Waals surface area contributed by atoms with Crippen LogP contribution in [0.5, 0.6) is 0 Å². The summed E-state index contributed by atoms with van der Waals surface area (Å²) in [5.74, 6) is 0.749. The van der Waals surface area contributed by atoms with E-state index < -0.39 is 5.82 Å². The maximum absolute atomic E-state index is 13.2. The molecule has 0 fully saturated rings. The number of aromatic nitrogens is 2. The molecule has 0 aliphatic heterocycles. The van der Waals surface area contributed by atoms with Crippen molar-refractivity contribution in [1.82, 2.24) is 9.97 Å². The molecule has 0 saturated heterocycles. The molecule has 2 rings (SSSR count). The summed E-state index contributed by atoms with van der Waals surface area (Å²) in [6.45, 7) is 2.03. The molecule has 0 saturated carbocycles. The monoisotopic (exact) mass is 377 g/mol. The van der Waals surface area contributed by atoms with E-state index in [0.717, 1.165) is 12.8 Å². The van der Waals surface area contributed by atoms with E-state index in [4.69, 9.17) is 23.2 Å². The predicted octanol–water partition coefficient (Wildman–Crippen LogP) is 5.38. The van der Waals surface area contributed by atoms with E-state index in [9.17, 15) is 4.39 Å². The molecule has 20 heavy (non-hydrogen) atoms. The van der Waals surface area contributed by atoms with Gasteiger partial charge in [-0.3, -0.25) is 0 Å². The average molecular weight is 379 g/mol. The summed E-state index contributed by atoms with van der Waals surface area (Å²) >= 11 is 15.2. The summed E-state index contributed by atoms with van der Waals surface area (Å²) < 4.78 is 13.7. The molecule has 0 amide bonds. The first-order chi connectivity index (χ1) is 9.49. The summed E-state index contributed by atoms with van der Waals surface area (Å²) in [4.78, 5) is 8.48. The maximum Gasteiger partial charge on any atom is 0.135 e. The van der Waals surface area contributed by atoms with Gasteiger partial charge in [-0.15, -0.1) is 0 Å². The van der Waals surface area contributed by atoms with Gasteiger partial charge in [0, 0.05) is 17.0 Å². The SMILES string of the molecule is CCCc1nc(Cl)cc(Nc2c(Cl)cc(F)cc2Br)n1. The molecule has 1 N–H and O–H groups in total. The standard InChI is InChI=1S/C13H11BrCl2FN3/c1-2-3-11-18-10(16)6-12(19-11)20-13-8(14)4-7(17)5-9(13)15/h4-6H,2-3H2,1H3,(H,18,19,20). The number of nitrogens with one attached hydrogen (secondary N) is 1. The highest BCUT2D eigenvalue weighted by Crippen LogP contribution is 2.33. The van der Waals surface area contributed by atoms with Crippen LogP contribution in [-0.2, 0) is 6.42 Å². The fourth-order valence-electron chi connectivity index (χ4n) is 1.65. The third kappa shape index (κ3) is 3.81. The topological polar surface area (TPSA) is 37.8 Å². The van der Waals surface area contributed by atoms with Gasteiger partial charge in [0.1, 0.15) is 22.6 Å². The van der Waals surface area contributed by atoms with Gasteiger partial charge >= 0.3 is 0 Å². The van der Waals surface area contributed by atoms with Crippen LogP contribution in [0.4, 0.5) is 15.9 Å².